The first kappa shape index (κ1) is 21.7. The zero-order valence-corrected chi connectivity index (χ0v) is 21.0. The smallest absolute Gasteiger partial charge is 0.261 e. The van der Waals surface area contributed by atoms with E-state index in [2.05, 4.69) is 111 Å². The van der Waals surface area contributed by atoms with Crippen LogP contribution in [0, 0.1) is 11.8 Å². The van der Waals surface area contributed by atoms with Crippen LogP contribution in [0.25, 0.3) is 0 Å². The average Bonchev–Trinajstić information content (AvgIpc) is 3.13. The van der Waals surface area contributed by atoms with Crippen LogP contribution in [0.2, 0.25) is 5.04 Å². The predicted octanol–water partition coefficient (Wildman–Crippen LogP) is 5.53. The molecular formula is C28H36N2OSi. The molecule has 0 bridgehead atoms. The summed E-state index contributed by atoms with van der Waals surface area (Å²) in [5, 5.41) is 2.80. The lowest BCUT2D eigenvalue weighted by molar-refractivity contribution is 0.173. The summed E-state index contributed by atoms with van der Waals surface area (Å²) in [4.78, 5) is 4.63. The molecule has 32 heavy (non-hydrogen) atoms. The zero-order valence-electron chi connectivity index (χ0n) is 20.0. The number of imidazole rings is 1. The Morgan fingerprint density at radius 3 is 1.91 bits per heavy atom. The summed E-state index contributed by atoms with van der Waals surface area (Å²) < 4.78 is 9.85. The maximum Gasteiger partial charge on any atom is 0.261 e. The zero-order chi connectivity index (χ0) is 22.5. The molecule has 2 aromatic carbocycles. The van der Waals surface area contributed by atoms with Crippen molar-refractivity contribution in [1.29, 1.82) is 0 Å². The van der Waals surface area contributed by atoms with Crippen molar-refractivity contribution in [1.82, 2.24) is 9.55 Å². The molecule has 5 rings (SSSR count). The average molecular weight is 445 g/mol. The van der Waals surface area contributed by atoms with E-state index in [-0.39, 0.29) is 5.04 Å². The SMILES string of the molecule is CC(C)c1nccn1[C@H]1[C@@H]2CC(O[Si](c3ccccc3)(c3ccccc3)C(C)(C)C)C[C@@H]21. The summed E-state index contributed by atoms with van der Waals surface area (Å²) in [7, 11) is -2.46. The van der Waals surface area contributed by atoms with Crippen molar-refractivity contribution in [2.45, 2.75) is 70.6 Å². The van der Waals surface area contributed by atoms with Gasteiger partial charge in [-0.2, -0.15) is 0 Å². The summed E-state index contributed by atoms with van der Waals surface area (Å²) >= 11 is 0. The Labute approximate surface area is 194 Å². The highest BCUT2D eigenvalue weighted by molar-refractivity contribution is 6.99. The highest BCUT2D eigenvalue weighted by atomic mass is 28.4. The Kier molecular flexibility index (Phi) is 5.41. The van der Waals surface area contributed by atoms with E-state index in [1.54, 1.807) is 0 Å². The van der Waals surface area contributed by atoms with E-state index in [0.29, 0.717) is 18.1 Å². The lowest BCUT2D eigenvalue weighted by atomic mass is 10.1. The van der Waals surface area contributed by atoms with Crippen LogP contribution < -0.4 is 10.4 Å². The first-order valence-electron chi connectivity index (χ1n) is 12.1. The summed E-state index contributed by atoms with van der Waals surface area (Å²) in [6.45, 7) is 11.6. The van der Waals surface area contributed by atoms with E-state index in [4.69, 9.17) is 4.43 Å². The second-order valence-corrected chi connectivity index (χ2v) is 15.3. The van der Waals surface area contributed by atoms with Gasteiger partial charge in [0.25, 0.3) is 8.32 Å². The number of aromatic nitrogens is 2. The summed E-state index contributed by atoms with van der Waals surface area (Å²) in [6.07, 6.45) is 6.82. The first-order chi connectivity index (χ1) is 15.3. The molecule has 0 radical (unpaired) electrons. The quantitative estimate of drug-likeness (QED) is 0.467. The minimum Gasteiger partial charge on any atom is -0.404 e. The molecule has 2 aliphatic carbocycles. The van der Waals surface area contributed by atoms with Crippen LogP contribution in [0.15, 0.2) is 73.1 Å². The monoisotopic (exact) mass is 444 g/mol. The second kappa shape index (κ2) is 8.00. The van der Waals surface area contributed by atoms with Crippen LogP contribution in [-0.2, 0) is 4.43 Å². The van der Waals surface area contributed by atoms with Gasteiger partial charge < -0.3 is 8.99 Å². The molecule has 0 N–H and O–H groups in total. The topological polar surface area (TPSA) is 27.1 Å². The highest BCUT2D eigenvalue weighted by Gasteiger charge is 2.60. The third-order valence-corrected chi connectivity index (χ3v) is 12.7. The molecule has 4 heteroatoms. The molecule has 0 aliphatic heterocycles. The fraction of sp³-hybridized carbons (Fsp3) is 0.464. The van der Waals surface area contributed by atoms with Gasteiger partial charge in [0.1, 0.15) is 5.82 Å². The maximum atomic E-state index is 7.39. The molecule has 3 aromatic rings. The molecule has 0 saturated heterocycles. The predicted molar refractivity (Wildman–Crippen MR) is 134 cm³/mol. The van der Waals surface area contributed by atoms with E-state index in [1.165, 1.54) is 16.2 Å². The van der Waals surface area contributed by atoms with Crippen molar-refractivity contribution in [2.24, 2.45) is 11.8 Å². The standard InChI is InChI=1S/C28H36N2OSi/c1-20(2)27-29-16-17-30(27)26-24-18-21(19-25(24)26)31-32(28(3,4)5,22-12-8-6-9-13-22)23-14-10-7-11-15-23/h6-17,20-21,24-26H,18-19H2,1-5H3/t21?,24-,25+,26+. The number of hydrogen-bond acceptors (Lipinski definition) is 2. The van der Waals surface area contributed by atoms with Gasteiger partial charge in [0, 0.05) is 30.5 Å². The van der Waals surface area contributed by atoms with Crippen LogP contribution in [0.5, 0.6) is 0 Å². The Balaban J connectivity index is 1.44. The minimum atomic E-state index is -2.46. The van der Waals surface area contributed by atoms with Crippen molar-refractivity contribution in [3.63, 3.8) is 0 Å². The molecule has 168 valence electrons. The Bertz CT molecular complexity index is 1000. The van der Waals surface area contributed by atoms with Gasteiger partial charge in [-0.05, 0) is 40.1 Å². The Morgan fingerprint density at radius 1 is 0.906 bits per heavy atom. The number of rotatable bonds is 6. The largest absolute Gasteiger partial charge is 0.404 e. The van der Waals surface area contributed by atoms with Crippen molar-refractivity contribution in [3.8, 4) is 0 Å². The van der Waals surface area contributed by atoms with Crippen molar-refractivity contribution in [3.05, 3.63) is 78.9 Å². The first-order valence-corrected chi connectivity index (χ1v) is 14.1. The fourth-order valence-corrected chi connectivity index (χ4v) is 10.9. The molecule has 1 unspecified atom stereocenters. The van der Waals surface area contributed by atoms with Gasteiger partial charge in [-0.1, -0.05) is 95.3 Å². The van der Waals surface area contributed by atoms with E-state index >= 15 is 0 Å². The van der Waals surface area contributed by atoms with Gasteiger partial charge >= 0.3 is 0 Å². The Morgan fingerprint density at radius 2 is 1.44 bits per heavy atom. The summed E-state index contributed by atoms with van der Waals surface area (Å²) in [6, 6.07) is 22.7. The van der Waals surface area contributed by atoms with E-state index in [0.717, 1.165) is 24.7 Å². The molecule has 2 saturated carbocycles. The molecule has 0 amide bonds. The van der Waals surface area contributed by atoms with Gasteiger partial charge in [-0.3, -0.25) is 0 Å². The molecule has 4 atom stereocenters. The summed E-state index contributed by atoms with van der Waals surface area (Å²) in [5.41, 5.74) is 0. The van der Waals surface area contributed by atoms with Gasteiger partial charge in [-0.25, -0.2) is 4.98 Å². The van der Waals surface area contributed by atoms with Crippen molar-refractivity contribution < 1.29 is 4.43 Å². The highest BCUT2D eigenvalue weighted by Crippen LogP contribution is 2.62. The minimum absolute atomic E-state index is 0.0387. The Hall–Kier alpha value is -2.17. The van der Waals surface area contributed by atoms with Gasteiger partial charge in [0.15, 0.2) is 0 Å². The molecule has 1 aromatic heterocycles. The van der Waals surface area contributed by atoms with Crippen molar-refractivity contribution in [2.75, 3.05) is 0 Å². The van der Waals surface area contributed by atoms with Gasteiger partial charge in [0.05, 0.1) is 0 Å². The second-order valence-electron chi connectivity index (χ2n) is 11.0. The van der Waals surface area contributed by atoms with Crippen LogP contribution in [0.1, 0.15) is 65.2 Å². The number of hydrogen-bond donors (Lipinski definition) is 0. The third kappa shape index (κ3) is 3.48. The van der Waals surface area contributed by atoms with E-state index in [9.17, 15) is 0 Å². The lowest BCUT2D eigenvalue weighted by Crippen LogP contribution is -2.67. The van der Waals surface area contributed by atoms with E-state index < -0.39 is 8.32 Å². The fourth-order valence-electron chi connectivity index (χ4n) is 6.23. The summed E-state index contributed by atoms with van der Waals surface area (Å²) in [5.74, 6) is 3.15. The van der Waals surface area contributed by atoms with Crippen LogP contribution in [-0.4, -0.2) is 24.0 Å². The molecule has 3 nitrogen and oxygen atoms in total. The lowest BCUT2D eigenvalue weighted by Gasteiger charge is -2.45. The number of nitrogens with zero attached hydrogens (tertiary/aromatic N) is 2. The number of benzene rings is 2. The van der Waals surface area contributed by atoms with Crippen molar-refractivity contribution >= 4 is 18.7 Å². The van der Waals surface area contributed by atoms with Crippen LogP contribution in [0.4, 0.5) is 0 Å². The molecule has 2 fully saturated rings. The maximum absolute atomic E-state index is 7.39. The van der Waals surface area contributed by atoms with Crippen LogP contribution >= 0.6 is 0 Å². The third-order valence-electron chi connectivity index (χ3n) is 7.65. The molecule has 2 aliphatic rings. The van der Waals surface area contributed by atoms with E-state index in [1.807, 2.05) is 6.20 Å². The molecular weight excluding hydrogens is 408 g/mol. The normalized spacial score (nSPS) is 25.2. The molecule has 0 spiro atoms. The number of fused-ring (bicyclic) bond motifs is 1. The van der Waals surface area contributed by atoms with Gasteiger partial charge in [0.2, 0.25) is 0 Å². The van der Waals surface area contributed by atoms with Gasteiger partial charge in [-0.15, -0.1) is 0 Å². The van der Waals surface area contributed by atoms with Crippen LogP contribution in [0.3, 0.4) is 0 Å². The molecule has 1 heterocycles.